The van der Waals surface area contributed by atoms with Crippen LogP contribution in [0.25, 0.3) is 0 Å². The van der Waals surface area contributed by atoms with E-state index in [9.17, 15) is 5.11 Å². The SMILES string of the molecule is CC[C@@H](N)c1ccccc1N1CCCC1CO. The molecule has 0 aromatic heterocycles. The van der Waals surface area contributed by atoms with Crippen molar-refractivity contribution < 1.29 is 5.11 Å². The highest BCUT2D eigenvalue weighted by atomic mass is 16.3. The smallest absolute Gasteiger partial charge is 0.0635 e. The van der Waals surface area contributed by atoms with Gasteiger partial charge in [0.15, 0.2) is 0 Å². The average molecular weight is 234 g/mol. The van der Waals surface area contributed by atoms with E-state index < -0.39 is 0 Å². The van der Waals surface area contributed by atoms with Gasteiger partial charge in [0.05, 0.1) is 12.6 Å². The Bertz CT molecular complexity index is 367. The predicted molar refractivity (Wildman–Crippen MR) is 71.1 cm³/mol. The number of rotatable bonds is 4. The van der Waals surface area contributed by atoms with Crippen molar-refractivity contribution in [2.45, 2.75) is 38.3 Å². The molecule has 1 saturated heterocycles. The van der Waals surface area contributed by atoms with Gasteiger partial charge in [-0.2, -0.15) is 0 Å². The number of nitrogens with zero attached hydrogens (tertiary/aromatic N) is 1. The van der Waals surface area contributed by atoms with Crippen molar-refractivity contribution in [1.82, 2.24) is 0 Å². The van der Waals surface area contributed by atoms with E-state index in [0.29, 0.717) is 0 Å². The van der Waals surface area contributed by atoms with Gasteiger partial charge in [-0.25, -0.2) is 0 Å². The van der Waals surface area contributed by atoms with E-state index in [4.69, 9.17) is 5.73 Å². The summed E-state index contributed by atoms with van der Waals surface area (Å²) in [6, 6.07) is 8.67. The first-order chi connectivity index (χ1) is 8.27. The van der Waals surface area contributed by atoms with E-state index in [1.54, 1.807) is 0 Å². The van der Waals surface area contributed by atoms with E-state index >= 15 is 0 Å². The van der Waals surface area contributed by atoms with Crippen LogP contribution in [0, 0.1) is 0 Å². The first kappa shape index (κ1) is 12.4. The van der Waals surface area contributed by atoms with Crippen molar-refractivity contribution >= 4 is 5.69 Å². The molecule has 3 N–H and O–H groups in total. The zero-order valence-electron chi connectivity index (χ0n) is 10.5. The fourth-order valence-corrected chi connectivity index (χ4v) is 2.63. The Hall–Kier alpha value is -1.06. The first-order valence-electron chi connectivity index (χ1n) is 6.50. The van der Waals surface area contributed by atoms with Gasteiger partial charge in [0.2, 0.25) is 0 Å². The van der Waals surface area contributed by atoms with Crippen LogP contribution < -0.4 is 10.6 Å². The van der Waals surface area contributed by atoms with Crippen molar-refractivity contribution in [2.24, 2.45) is 5.73 Å². The van der Waals surface area contributed by atoms with Gasteiger partial charge in [0, 0.05) is 18.3 Å². The minimum atomic E-state index is 0.0890. The average Bonchev–Trinajstić information content (AvgIpc) is 2.86. The van der Waals surface area contributed by atoms with Gasteiger partial charge in [0.25, 0.3) is 0 Å². The van der Waals surface area contributed by atoms with Crippen molar-refractivity contribution in [3.8, 4) is 0 Å². The lowest BCUT2D eigenvalue weighted by atomic mass is 10.0. The molecule has 1 aromatic rings. The topological polar surface area (TPSA) is 49.5 Å². The number of nitrogens with two attached hydrogens (primary N) is 1. The highest BCUT2D eigenvalue weighted by Crippen LogP contribution is 2.31. The largest absolute Gasteiger partial charge is 0.394 e. The fraction of sp³-hybridized carbons (Fsp3) is 0.571. The van der Waals surface area contributed by atoms with Crippen LogP contribution in [0.3, 0.4) is 0 Å². The molecule has 3 nitrogen and oxygen atoms in total. The normalized spacial score (nSPS) is 21.8. The monoisotopic (exact) mass is 234 g/mol. The molecule has 2 rings (SSSR count). The molecule has 94 valence electrons. The van der Waals surface area contributed by atoms with E-state index in [2.05, 4.69) is 24.0 Å². The summed E-state index contributed by atoms with van der Waals surface area (Å²) in [5.74, 6) is 0. The maximum absolute atomic E-state index is 9.41. The van der Waals surface area contributed by atoms with Gasteiger partial charge in [-0.3, -0.25) is 0 Å². The summed E-state index contributed by atoms with van der Waals surface area (Å²) in [7, 11) is 0. The number of anilines is 1. The summed E-state index contributed by atoms with van der Waals surface area (Å²) in [6.07, 6.45) is 3.17. The van der Waals surface area contributed by atoms with Gasteiger partial charge >= 0.3 is 0 Å². The summed E-state index contributed by atoms with van der Waals surface area (Å²) in [5.41, 5.74) is 8.57. The standard InChI is InChI=1S/C14H22N2O/c1-2-13(15)12-7-3-4-8-14(12)16-9-5-6-11(16)10-17/h3-4,7-8,11,13,17H,2,5-6,9-10,15H2,1H3/t11?,13-/m1/s1. The Labute approximate surface area is 103 Å². The van der Waals surface area contributed by atoms with Crippen molar-refractivity contribution in [3.05, 3.63) is 29.8 Å². The third-order valence-corrected chi connectivity index (χ3v) is 3.67. The molecule has 1 unspecified atom stereocenters. The molecule has 0 aliphatic carbocycles. The third-order valence-electron chi connectivity index (χ3n) is 3.67. The molecule has 1 fully saturated rings. The van der Waals surface area contributed by atoms with Gasteiger partial charge in [-0.05, 0) is 30.9 Å². The molecular formula is C14H22N2O. The van der Waals surface area contributed by atoms with E-state index in [1.165, 1.54) is 11.3 Å². The van der Waals surface area contributed by atoms with Crippen LogP contribution in [0.2, 0.25) is 0 Å². The van der Waals surface area contributed by atoms with Gasteiger partial charge in [-0.15, -0.1) is 0 Å². The minimum absolute atomic E-state index is 0.0890. The maximum atomic E-state index is 9.41. The summed E-state index contributed by atoms with van der Waals surface area (Å²) < 4.78 is 0. The number of aliphatic hydroxyl groups is 1. The predicted octanol–water partition coefficient (Wildman–Crippen LogP) is 2.06. The van der Waals surface area contributed by atoms with Crippen LogP contribution in [0.4, 0.5) is 5.69 Å². The molecule has 17 heavy (non-hydrogen) atoms. The van der Waals surface area contributed by atoms with E-state index in [1.807, 2.05) is 12.1 Å². The number of para-hydroxylation sites is 1. The molecule has 0 bridgehead atoms. The highest BCUT2D eigenvalue weighted by Gasteiger charge is 2.26. The first-order valence-corrected chi connectivity index (χ1v) is 6.50. The molecule has 0 spiro atoms. The van der Waals surface area contributed by atoms with Gasteiger partial charge < -0.3 is 15.7 Å². The Morgan fingerprint density at radius 2 is 2.24 bits per heavy atom. The minimum Gasteiger partial charge on any atom is -0.394 e. The van der Waals surface area contributed by atoms with Crippen LogP contribution in [0.5, 0.6) is 0 Å². The zero-order chi connectivity index (χ0) is 12.3. The molecular weight excluding hydrogens is 212 g/mol. The molecule has 1 heterocycles. The maximum Gasteiger partial charge on any atom is 0.0635 e. The molecule has 1 aromatic carbocycles. The van der Waals surface area contributed by atoms with Crippen molar-refractivity contribution in [3.63, 3.8) is 0 Å². The summed E-state index contributed by atoms with van der Waals surface area (Å²) in [6.45, 7) is 3.36. The van der Waals surface area contributed by atoms with Gasteiger partial charge in [0.1, 0.15) is 0 Å². The van der Waals surface area contributed by atoms with E-state index in [-0.39, 0.29) is 18.7 Å². The molecule has 1 aliphatic heterocycles. The second kappa shape index (κ2) is 5.52. The highest BCUT2D eigenvalue weighted by molar-refractivity contribution is 5.56. The summed E-state index contributed by atoms with van der Waals surface area (Å²) in [5, 5.41) is 9.41. The number of hydrogen-bond donors (Lipinski definition) is 2. The lowest BCUT2D eigenvalue weighted by molar-refractivity contribution is 0.266. The molecule has 2 atom stereocenters. The molecule has 1 aliphatic rings. The second-order valence-electron chi connectivity index (χ2n) is 4.75. The Balaban J connectivity index is 2.31. The second-order valence-corrected chi connectivity index (χ2v) is 4.75. The quantitative estimate of drug-likeness (QED) is 0.838. The lowest BCUT2D eigenvalue weighted by Gasteiger charge is -2.29. The van der Waals surface area contributed by atoms with Crippen LogP contribution in [-0.2, 0) is 0 Å². The molecule has 3 heteroatoms. The van der Waals surface area contributed by atoms with Crippen molar-refractivity contribution in [1.29, 1.82) is 0 Å². The lowest BCUT2D eigenvalue weighted by Crippen LogP contribution is -2.33. The van der Waals surface area contributed by atoms with Crippen LogP contribution >= 0.6 is 0 Å². The zero-order valence-corrected chi connectivity index (χ0v) is 10.5. The molecule has 0 amide bonds. The number of benzene rings is 1. The third kappa shape index (κ3) is 2.45. The van der Waals surface area contributed by atoms with Crippen molar-refractivity contribution in [2.75, 3.05) is 18.1 Å². The van der Waals surface area contributed by atoms with Gasteiger partial charge in [-0.1, -0.05) is 25.1 Å². The van der Waals surface area contributed by atoms with Crippen LogP contribution in [0.1, 0.15) is 37.8 Å². The molecule has 0 radical (unpaired) electrons. The Morgan fingerprint density at radius 1 is 1.47 bits per heavy atom. The van der Waals surface area contributed by atoms with E-state index in [0.717, 1.165) is 25.8 Å². The molecule has 0 saturated carbocycles. The number of hydrogen-bond acceptors (Lipinski definition) is 3. The summed E-state index contributed by atoms with van der Waals surface area (Å²) in [4.78, 5) is 2.31. The Morgan fingerprint density at radius 3 is 2.94 bits per heavy atom. The summed E-state index contributed by atoms with van der Waals surface area (Å²) >= 11 is 0. The van der Waals surface area contributed by atoms with Crippen LogP contribution in [0.15, 0.2) is 24.3 Å². The Kier molecular flexibility index (Phi) is 4.02. The fourth-order valence-electron chi connectivity index (χ4n) is 2.63. The number of aliphatic hydroxyl groups excluding tert-OH is 1. The van der Waals surface area contributed by atoms with Crippen LogP contribution in [-0.4, -0.2) is 24.3 Å².